The van der Waals surface area contributed by atoms with Gasteiger partial charge in [-0.3, -0.25) is 0 Å². The Bertz CT molecular complexity index is 339. The third-order valence-corrected chi connectivity index (χ3v) is 6.48. The van der Waals surface area contributed by atoms with Crippen molar-refractivity contribution >= 4 is 18.7 Å². The Morgan fingerprint density at radius 2 is 1.79 bits per heavy atom. The van der Waals surface area contributed by atoms with Crippen molar-refractivity contribution in [1.82, 2.24) is 0 Å². The van der Waals surface area contributed by atoms with Crippen molar-refractivity contribution in [3.63, 3.8) is 0 Å². The molecule has 0 atom stereocenters. The molecule has 0 heterocycles. The van der Waals surface area contributed by atoms with E-state index < -0.39 is 8.07 Å². The zero-order valence-corrected chi connectivity index (χ0v) is 9.79. The highest BCUT2D eigenvalue weighted by molar-refractivity contribution is 7.13. The van der Waals surface area contributed by atoms with Crippen LogP contribution in [0.25, 0.3) is 0 Å². The minimum Gasteiger partial charge on any atom is -0.305 e. The van der Waals surface area contributed by atoms with Crippen LogP contribution in [0.15, 0.2) is 30.3 Å². The van der Waals surface area contributed by atoms with Gasteiger partial charge in [-0.2, -0.15) is 0 Å². The molecule has 0 radical (unpaired) electrons. The fourth-order valence-electron chi connectivity index (χ4n) is 1.85. The largest absolute Gasteiger partial charge is 0.305 e. The maximum absolute atomic E-state index is 12.1. The van der Waals surface area contributed by atoms with E-state index in [9.17, 15) is 4.79 Å². The third-order valence-electron chi connectivity index (χ3n) is 3.06. The van der Waals surface area contributed by atoms with E-state index in [0.29, 0.717) is 11.3 Å². The molecular weight excluding hydrogens is 188 g/mol. The van der Waals surface area contributed by atoms with Gasteiger partial charge in [0.05, 0.1) is 0 Å². The van der Waals surface area contributed by atoms with Gasteiger partial charge in [-0.1, -0.05) is 48.6 Å². The van der Waals surface area contributed by atoms with Crippen LogP contribution in [0, 0.1) is 5.92 Å². The third kappa shape index (κ3) is 1.66. The monoisotopic (exact) mass is 204 g/mol. The summed E-state index contributed by atoms with van der Waals surface area (Å²) in [5.41, 5.74) is 0. The smallest absolute Gasteiger partial charge is 0.157 e. The molecule has 2 heteroatoms. The first-order valence-corrected chi connectivity index (χ1v) is 8.22. The maximum atomic E-state index is 12.1. The van der Waals surface area contributed by atoms with Crippen molar-refractivity contribution in [2.24, 2.45) is 5.92 Å². The van der Waals surface area contributed by atoms with E-state index in [0.717, 1.165) is 12.8 Å². The van der Waals surface area contributed by atoms with E-state index in [1.54, 1.807) is 0 Å². The number of carbonyl (C=O) groups is 1. The summed E-state index contributed by atoms with van der Waals surface area (Å²) in [5.74, 6) is 0.400. The molecule has 74 valence electrons. The second kappa shape index (κ2) is 3.35. The minimum atomic E-state index is -1.82. The summed E-state index contributed by atoms with van der Waals surface area (Å²) in [7, 11) is -1.82. The van der Waals surface area contributed by atoms with E-state index in [4.69, 9.17) is 0 Å². The fraction of sp³-hybridized carbons (Fsp3) is 0.417. The van der Waals surface area contributed by atoms with Gasteiger partial charge in [-0.25, -0.2) is 0 Å². The Balaban J connectivity index is 2.27. The Morgan fingerprint density at radius 1 is 1.21 bits per heavy atom. The standard InChI is InChI=1S/C12H16OSi/c1-14(2,12(13)10-8-9-10)11-6-4-3-5-7-11/h3-7,10H,8-9H2,1-2H3. The van der Waals surface area contributed by atoms with E-state index in [1.165, 1.54) is 5.19 Å². The van der Waals surface area contributed by atoms with Gasteiger partial charge < -0.3 is 4.79 Å². The first-order chi connectivity index (χ1) is 6.62. The molecule has 1 aliphatic rings. The van der Waals surface area contributed by atoms with Crippen LogP contribution in [-0.4, -0.2) is 13.5 Å². The van der Waals surface area contributed by atoms with Crippen LogP contribution in [0.3, 0.4) is 0 Å². The summed E-state index contributed by atoms with van der Waals surface area (Å²) in [6, 6.07) is 10.3. The SMILES string of the molecule is C[Si](C)(C(=O)C1CC1)c1ccccc1. The van der Waals surface area contributed by atoms with Gasteiger partial charge in [0.2, 0.25) is 0 Å². The molecule has 0 aromatic heterocycles. The summed E-state index contributed by atoms with van der Waals surface area (Å²) in [4.78, 5) is 12.1. The van der Waals surface area contributed by atoms with Crippen LogP contribution in [0.2, 0.25) is 13.1 Å². The molecule has 1 aromatic carbocycles. The quantitative estimate of drug-likeness (QED) is 0.689. The summed E-state index contributed by atoms with van der Waals surface area (Å²) < 4.78 is 0. The molecule has 1 saturated carbocycles. The molecule has 0 unspecified atom stereocenters. The highest BCUT2D eigenvalue weighted by atomic mass is 28.3. The lowest BCUT2D eigenvalue weighted by molar-refractivity contribution is -0.113. The zero-order chi connectivity index (χ0) is 10.2. The molecule has 2 rings (SSSR count). The number of carbonyl (C=O) groups excluding carboxylic acids is 1. The molecule has 14 heavy (non-hydrogen) atoms. The molecule has 1 fully saturated rings. The molecular formula is C12H16OSi. The molecule has 1 aliphatic carbocycles. The first kappa shape index (κ1) is 9.65. The first-order valence-electron chi connectivity index (χ1n) is 5.22. The Labute approximate surface area is 86.2 Å². The van der Waals surface area contributed by atoms with Crippen molar-refractivity contribution in [2.75, 3.05) is 0 Å². The van der Waals surface area contributed by atoms with Crippen molar-refractivity contribution in [3.05, 3.63) is 30.3 Å². The molecule has 0 aliphatic heterocycles. The predicted octanol–water partition coefficient (Wildman–Crippen LogP) is 2.12. The molecule has 1 aromatic rings. The van der Waals surface area contributed by atoms with Gasteiger partial charge >= 0.3 is 0 Å². The lowest BCUT2D eigenvalue weighted by Crippen LogP contribution is -2.50. The van der Waals surface area contributed by atoms with Gasteiger partial charge in [-0.15, -0.1) is 0 Å². The van der Waals surface area contributed by atoms with Gasteiger partial charge in [0, 0.05) is 5.92 Å². The fourth-order valence-corrected chi connectivity index (χ4v) is 4.47. The van der Waals surface area contributed by atoms with E-state index in [1.807, 2.05) is 18.2 Å². The number of hydrogen-bond donors (Lipinski definition) is 0. The van der Waals surface area contributed by atoms with Crippen molar-refractivity contribution < 1.29 is 4.79 Å². The summed E-state index contributed by atoms with van der Waals surface area (Å²) in [6.07, 6.45) is 2.25. The predicted molar refractivity (Wildman–Crippen MR) is 61.3 cm³/mol. The molecule has 1 nitrogen and oxygen atoms in total. The lowest BCUT2D eigenvalue weighted by Gasteiger charge is -2.20. The van der Waals surface area contributed by atoms with Crippen LogP contribution < -0.4 is 5.19 Å². The minimum absolute atomic E-state index is 0.400. The van der Waals surface area contributed by atoms with E-state index >= 15 is 0 Å². The number of benzene rings is 1. The average molecular weight is 204 g/mol. The summed E-state index contributed by atoms with van der Waals surface area (Å²) in [6.45, 7) is 4.34. The number of rotatable bonds is 3. The van der Waals surface area contributed by atoms with Gasteiger partial charge in [0.15, 0.2) is 8.07 Å². The maximum Gasteiger partial charge on any atom is 0.157 e. The average Bonchev–Trinajstić information content (AvgIpc) is 3.01. The Kier molecular flexibility index (Phi) is 2.31. The normalized spacial score (nSPS) is 16.7. The highest BCUT2D eigenvalue weighted by Crippen LogP contribution is 2.33. The van der Waals surface area contributed by atoms with Gasteiger partial charge in [-0.05, 0) is 12.8 Å². The van der Waals surface area contributed by atoms with Crippen LogP contribution in [0.4, 0.5) is 0 Å². The van der Waals surface area contributed by atoms with E-state index in [2.05, 4.69) is 25.2 Å². The van der Waals surface area contributed by atoms with Crippen molar-refractivity contribution in [3.8, 4) is 0 Å². The lowest BCUT2D eigenvalue weighted by atomic mass is 10.4. The van der Waals surface area contributed by atoms with Gasteiger partial charge in [0.25, 0.3) is 0 Å². The van der Waals surface area contributed by atoms with Crippen LogP contribution in [0.1, 0.15) is 12.8 Å². The van der Waals surface area contributed by atoms with Crippen molar-refractivity contribution in [1.29, 1.82) is 0 Å². The molecule has 0 bridgehead atoms. The zero-order valence-electron chi connectivity index (χ0n) is 8.79. The van der Waals surface area contributed by atoms with Gasteiger partial charge in [0.1, 0.15) is 5.41 Å². The summed E-state index contributed by atoms with van der Waals surface area (Å²) in [5, 5.41) is 1.82. The highest BCUT2D eigenvalue weighted by Gasteiger charge is 2.41. The Morgan fingerprint density at radius 3 is 2.29 bits per heavy atom. The van der Waals surface area contributed by atoms with Crippen LogP contribution in [0.5, 0.6) is 0 Å². The van der Waals surface area contributed by atoms with E-state index in [-0.39, 0.29) is 0 Å². The molecule has 0 amide bonds. The Hall–Kier alpha value is -0.893. The molecule has 0 spiro atoms. The second-order valence-corrected chi connectivity index (χ2v) is 8.95. The topological polar surface area (TPSA) is 17.1 Å². The molecule has 0 saturated heterocycles. The second-order valence-electron chi connectivity index (χ2n) is 4.63. The van der Waals surface area contributed by atoms with Crippen LogP contribution in [-0.2, 0) is 4.79 Å². The van der Waals surface area contributed by atoms with Crippen molar-refractivity contribution in [2.45, 2.75) is 25.9 Å². The van der Waals surface area contributed by atoms with Crippen LogP contribution >= 0.6 is 0 Å². The summed E-state index contributed by atoms with van der Waals surface area (Å²) >= 11 is 0. The number of hydrogen-bond acceptors (Lipinski definition) is 1. The molecule has 0 N–H and O–H groups in total.